The van der Waals surface area contributed by atoms with Crippen LogP contribution in [0.15, 0.2) is 12.1 Å². The second-order valence-corrected chi connectivity index (χ2v) is 5.14. The zero-order chi connectivity index (χ0) is 12.7. The van der Waals surface area contributed by atoms with Crippen LogP contribution in [-0.4, -0.2) is 11.8 Å². The molecule has 0 saturated heterocycles. The molecule has 1 rings (SSSR count). The van der Waals surface area contributed by atoms with Crippen molar-refractivity contribution >= 4 is 23.1 Å². The van der Waals surface area contributed by atoms with E-state index in [9.17, 15) is 14.7 Å². The summed E-state index contributed by atoms with van der Waals surface area (Å²) in [6.07, 6.45) is 4.15. The molecule has 0 amide bonds. The summed E-state index contributed by atoms with van der Waals surface area (Å²) in [6.45, 7) is 1.86. The summed E-state index contributed by atoms with van der Waals surface area (Å²) < 4.78 is 0. The van der Waals surface area contributed by atoms with Crippen LogP contribution in [0.1, 0.15) is 53.6 Å². The molecule has 0 spiro atoms. The molecule has 17 heavy (non-hydrogen) atoms. The maximum Gasteiger partial charge on any atom is 0.172 e. The van der Waals surface area contributed by atoms with Crippen molar-refractivity contribution in [3.63, 3.8) is 0 Å². The number of thiophene rings is 1. The molecule has 0 atom stereocenters. The van der Waals surface area contributed by atoms with Gasteiger partial charge in [-0.2, -0.15) is 0 Å². The number of rotatable bonds is 8. The molecule has 0 bridgehead atoms. The molecule has 0 fully saturated rings. The van der Waals surface area contributed by atoms with Crippen LogP contribution in [0.3, 0.4) is 0 Å². The number of carbonyl (C=O) groups is 2. The quantitative estimate of drug-likeness (QED) is 0.527. The third-order valence-corrected chi connectivity index (χ3v) is 3.75. The number of aryl methyl sites for hydroxylation is 1. The summed E-state index contributed by atoms with van der Waals surface area (Å²) in [5.41, 5.74) is 0. The highest BCUT2D eigenvalue weighted by atomic mass is 32.1. The molecule has 94 valence electrons. The molecule has 0 aliphatic carbocycles. The highest BCUT2D eigenvalue weighted by Crippen LogP contribution is 2.20. The van der Waals surface area contributed by atoms with Gasteiger partial charge in [-0.05, 0) is 37.8 Å². The molecule has 1 heterocycles. The van der Waals surface area contributed by atoms with Gasteiger partial charge >= 0.3 is 0 Å². The molecule has 4 heteroatoms. The number of hydrogen-bond acceptors (Lipinski definition) is 4. The van der Waals surface area contributed by atoms with E-state index >= 15 is 0 Å². The lowest BCUT2D eigenvalue weighted by atomic mass is 10.1. The number of carboxylic acids is 1. The molecule has 1 aromatic rings. The van der Waals surface area contributed by atoms with Crippen molar-refractivity contribution in [1.82, 2.24) is 0 Å². The summed E-state index contributed by atoms with van der Waals surface area (Å²) in [5.74, 6) is -0.782. The summed E-state index contributed by atoms with van der Waals surface area (Å²) in [4.78, 5) is 23.6. The number of ketones is 1. The first kappa shape index (κ1) is 13.9. The maximum absolute atomic E-state index is 11.4. The van der Waals surface area contributed by atoms with Crippen molar-refractivity contribution in [2.24, 2.45) is 0 Å². The molecule has 0 aromatic carbocycles. The zero-order valence-corrected chi connectivity index (χ0v) is 10.8. The van der Waals surface area contributed by atoms with Crippen molar-refractivity contribution in [2.45, 2.75) is 45.4 Å². The second-order valence-electron chi connectivity index (χ2n) is 3.98. The normalized spacial score (nSPS) is 10.4. The predicted molar refractivity (Wildman–Crippen MR) is 66.1 cm³/mol. The van der Waals surface area contributed by atoms with Gasteiger partial charge in [-0.1, -0.05) is 13.3 Å². The minimum absolute atomic E-state index is 0.143. The lowest BCUT2D eigenvalue weighted by Crippen LogP contribution is -2.21. The first-order chi connectivity index (χ1) is 8.13. The minimum Gasteiger partial charge on any atom is -0.550 e. The summed E-state index contributed by atoms with van der Waals surface area (Å²) in [7, 11) is 0. The van der Waals surface area contributed by atoms with Gasteiger partial charge in [0.2, 0.25) is 0 Å². The molecule has 0 radical (unpaired) electrons. The Hall–Kier alpha value is -1.16. The van der Waals surface area contributed by atoms with E-state index in [1.54, 1.807) is 11.3 Å². The highest BCUT2D eigenvalue weighted by Gasteiger charge is 2.06. The van der Waals surface area contributed by atoms with Gasteiger partial charge in [0.25, 0.3) is 0 Å². The second kappa shape index (κ2) is 7.22. The van der Waals surface area contributed by atoms with Crippen molar-refractivity contribution in [1.29, 1.82) is 0 Å². The lowest BCUT2D eigenvalue weighted by molar-refractivity contribution is -0.305. The Bertz CT molecular complexity index is 382. The average molecular weight is 253 g/mol. The van der Waals surface area contributed by atoms with Gasteiger partial charge in [0.05, 0.1) is 4.88 Å². The average Bonchev–Trinajstić information content (AvgIpc) is 2.76. The smallest absolute Gasteiger partial charge is 0.172 e. The van der Waals surface area contributed by atoms with E-state index in [-0.39, 0.29) is 12.2 Å². The van der Waals surface area contributed by atoms with Gasteiger partial charge in [0.15, 0.2) is 5.78 Å². The standard InChI is InChI=1S/C13H18O3S/c1-2-11(14)12-9-8-10(17-12)6-4-3-5-7-13(15)16/h8-9H,2-7H2,1H3,(H,15,16)/p-1. The van der Waals surface area contributed by atoms with E-state index in [0.717, 1.165) is 24.1 Å². The fourth-order valence-electron chi connectivity index (χ4n) is 1.58. The topological polar surface area (TPSA) is 57.2 Å². The largest absolute Gasteiger partial charge is 0.550 e. The van der Waals surface area contributed by atoms with E-state index in [1.165, 1.54) is 4.88 Å². The van der Waals surface area contributed by atoms with Crippen molar-refractivity contribution < 1.29 is 14.7 Å². The molecule has 0 unspecified atom stereocenters. The molecule has 0 N–H and O–H groups in total. The SMILES string of the molecule is CCC(=O)c1ccc(CCCCCC(=O)[O-])s1. The van der Waals surface area contributed by atoms with Crippen LogP contribution in [0.2, 0.25) is 0 Å². The lowest BCUT2D eigenvalue weighted by Gasteiger charge is -2.01. The van der Waals surface area contributed by atoms with Crippen molar-refractivity contribution in [3.8, 4) is 0 Å². The zero-order valence-electron chi connectivity index (χ0n) is 10.0. The van der Waals surface area contributed by atoms with Crippen LogP contribution in [0.4, 0.5) is 0 Å². The Balaban J connectivity index is 2.25. The third-order valence-electron chi connectivity index (χ3n) is 2.56. The van der Waals surface area contributed by atoms with E-state index in [4.69, 9.17) is 0 Å². The van der Waals surface area contributed by atoms with Crippen LogP contribution in [0.5, 0.6) is 0 Å². The number of carbonyl (C=O) groups excluding carboxylic acids is 2. The van der Waals surface area contributed by atoms with Gasteiger partial charge in [0, 0.05) is 17.3 Å². The monoisotopic (exact) mass is 253 g/mol. The molecule has 0 aliphatic rings. The predicted octanol–water partition coefficient (Wildman–Crippen LogP) is 2.19. The molecular weight excluding hydrogens is 236 g/mol. The first-order valence-corrected chi connectivity index (χ1v) is 6.77. The van der Waals surface area contributed by atoms with Crippen molar-refractivity contribution in [3.05, 3.63) is 21.9 Å². The van der Waals surface area contributed by atoms with E-state index in [0.29, 0.717) is 12.8 Å². The Kier molecular flexibility index (Phi) is 5.91. The summed E-state index contributed by atoms with van der Waals surface area (Å²) >= 11 is 1.55. The Morgan fingerprint density at radius 2 is 2.00 bits per heavy atom. The minimum atomic E-state index is -0.975. The van der Waals surface area contributed by atoms with E-state index < -0.39 is 5.97 Å². The van der Waals surface area contributed by atoms with Gasteiger partial charge in [-0.3, -0.25) is 4.79 Å². The van der Waals surface area contributed by atoms with Crippen LogP contribution in [0.25, 0.3) is 0 Å². The number of carboxylic acid groups (broad SMARTS) is 1. The van der Waals surface area contributed by atoms with E-state index in [1.807, 2.05) is 19.1 Å². The fraction of sp³-hybridized carbons (Fsp3) is 0.538. The Morgan fingerprint density at radius 1 is 1.24 bits per heavy atom. The number of unbranched alkanes of at least 4 members (excludes halogenated alkanes) is 2. The van der Waals surface area contributed by atoms with E-state index in [2.05, 4.69) is 0 Å². The van der Waals surface area contributed by atoms with Gasteiger partial charge < -0.3 is 9.90 Å². The first-order valence-electron chi connectivity index (χ1n) is 5.95. The van der Waals surface area contributed by atoms with Crippen molar-refractivity contribution in [2.75, 3.05) is 0 Å². The molecule has 0 aliphatic heterocycles. The third kappa shape index (κ3) is 5.13. The van der Waals surface area contributed by atoms with Crippen LogP contribution in [-0.2, 0) is 11.2 Å². The highest BCUT2D eigenvalue weighted by molar-refractivity contribution is 7.14. The van der Waals surface area contributed by atoms with Gasteiger partial charge in [-0.25, -0.2) is 0 Å². The molecule has 0 saturated carbocycles. The number of Topliss-reactive ketones (excluding diaryl/α,β-unsaturated/α-hetero) is 1. The molecule has 3 nitrogen and oxygen atoms in total. The molecular formula is C13H17O3S-. The summed E-state index contributed by atoms with van der Waals surface area (Å²) in [6, 6.07) is 3.87. The number of aliphatic carboxylic acids is 1. The van der Waals surface area contributed by atoms with Crippen LogP contribution < -0.4 is 5.11 Å². The fourth-order valence-corrected chi connectivity index (χ4v) is 2.64. The van der Waals surface area contributed by atoms with Crippen LogP contribution >= 0.6 is 11.3 Å². The maximum atomic E-state index is 11.4. The van der Waals surface area contributed by atoms with Gasteiger partial charge in [-0.15, -0.1) is 11.3 Å². The van der Waals surface area contributed by atoms with Gasteiger partial charge in [0.1, 0.15) is 0 Å². The summed E-state index contributed by atoms with van der Waals surface area (Å²) in [5, 5.41) is 10.2. The van der Waals surface area contributed by atoms with Crippen LogP contribution in [0, 0.1) is 0 Å². The number of hydrogen-bond donors (Lipinski definition) is 0. The molecule has 1 aromatic heterocycles. The Labute approximate surface area is 105 Å². The Morgan fingerprint density at radius 3 is 2.65 bits per heavy atom.